The number of benzene rings is 2. The van der Waals surface area contributed by atoms with E-state index in [1.165, 1.54) is 21.9 Å². The van der Waals surface area contributed by atoms with Crippen molar-refractivity contribution < 1.29 is 23.9 Å². The van der Waals surface area contributed by atoms with Crippen LogP contribution in [0.2, 0.25) is 0 Å². The number of nitrogens with zero attached hydrogens (tertiary/aromatic N) is 6. The second-order valence-corrected chi connectivity index (χ2v) is 19.8. The molecule has 0 unspecified atom stereocenters. The molecule has 4 aromatic rings. The minimum Gasteiger partial charge on any atom is -0.375 e. The summed E-state index contributed by atoms with van der Waals surface area (Å²) in [6.07, 6.45) is 8.15. The lowest BCUT2D eigenvalue weighted by atomic mass is 9.88. The zero-order chi connectivity index (χ0) is 47.9. The van der Waals surface area contributed by atoms with E-state index < -0.39 is 23.9 Å². The summed E-state index contributed by atoms with van der Waals surface area (Å²) in [6.45, 7) is 20.4. The summed E-state index contributed by atoms with van der Waals surface area (Å²) in [4.78, 5) is 66.3. The van der Waals surface area contributed by atoms with Gasteiger partial charge in [0.15, 0.2) is 0 Å². The van der Waals surface area contributed by atoms with Crippen molar-refractivity contribution in [1.29, 1.82) is 0 Å². The first-order valence-corrected chi connectivity index (χ1v) is 24.1. The van der Waals surface area contributed by atoms with Crippen LogP contribution in [-0.2, 0) is 43.3 Å². The van der Waals surface area contributed by atoms with E-state index in [2.05, 4.69) is 102 Å². The first kappa shape index (κ1) is 47.5. The molecular weight excluding hydrogens is 843 g/mol. The van der Waals surface area contributed by atoms with E-state index in [1.807, 2.05) is 45.2 Å². The monoisotopic (exact) mass is 912 g/mol. The van der Waals surface area contributed by atoms with Gasteiger partial charge in [-0.05, 0) is 119 Å². The summed E-state index contributed by atoms with van der Waals surface area (Å²) in [6, 6.07) is 17.2. The number of amides is 4. The van der Waals surface area contributed by atoms with Crippen LogP contribution in [0.5, 0.6) is 0 Å². The summed E-state index contributed by atoms with van der Waals surface area (Å²) in [5, 5.41) is 9.79. The van der Waals surface area contributed by atoms with E-state index in [1.54, 1.807) is 24.1 Å². The highest BCUT2D eigenvalue weighted by Gasteiger charge is 2.41. The van der Waals surface area contributed by atoms with Gasteiger partial charge in [0.2, 0.25) is 17.7 Å². The molecule has 2 aromatic carbocycles. The van der Waals surface area contributed by atoms with Gasteiger partial charge in [0.1, 0.15) is 12.1 Å². The lowest BCUT2D eigenvalue weighted by molar-refractivity contribution is -0.146. The Morgan fingerprint density at radius 3 is 2.57 bits per heavy atom. The number of pyridine rings is 1. The molecule has 2 saturated heterocycles. The van der Waals surface area contributed by atoms with Gasteiger partial charge in [0, 0.05) is 86.9 Å². The molecule has 4 amide bonds. The number of likely N-dealkylation sites (N-methyl/N-ethyl adjacent to an activating group) is 1. The molecule has 8 rings (SSSR count). The van der Waals surface area contributed by atoms with Gasteiger partial charge < -0.3 is 34.6 Å². The third-order valence-electron chi connectivity index (χ3n) is 14.5. The maximum Gasteiger partial charge on any atom is 0.259 e. The van der Waals surface area contributed by atoms with Gasteiger partial charge in [0.05, 0.1) is 35.6 Å². The third-order valence-corrected chi connectivity index (χ3v) is 14.5. The van der Waals surface area contributed by atoms with Gasteiger partial charge in [-0.2, -0.15) is 0 Å². The van der Waals surface area contributed by atoms with Gasteiger partial charge in [-0.15, -0.1) is 0 Å². The number of nitrogens with one attached hydrogen (secondary N) is 3. The smallest absolute Gasteiger partial charge is 0.259 e. The minimum atomic E-state index is -0.942. The Bertz CT molecular complexity index is 2580. The topological polar surface area (TPSA) is 144 Å². The fourth-order valence-corrected chi connectivity index (χ4v) is 11.1. The quantitative estimate of drug-likeness (QED) is 0.151. The molecule has 356 valence electrons. The molecule has 0 saturated carbocycles. The van der Waals surface area contributed by atoms with Gasteiger partial charge in [-0.25, -0.2) is 5.43 Å². The molecule has 4 aliphatic heterocycles. The highest BCUT2D eigenvalue weighted by Crippen LogP contribution is 2.42. The van der Waals surface area contributed by atoms with Crippen molar-refractivity contribution in [2.75, 3.05) is 33.8 Å². The molecular formula is C53H69N9O5. The second-order valence-electron chi connectivity index (χ2n) is 19.8. The second kappa shape index (κ2) is 19.3. The standard InChI is InChI=1S/C53H69N9O5/c1-11-46(63)59-25-22-38(30-59)51(65)58(9)48(32(3)4)50(64)56-43-27-35-16-13-17-36(26-35)37-20-21-45-40(28-37)41(49(60(45)12-2)39-18-14-23-54-47(39)33(5)67-10)29-53(7,8)61-31-44(55-34(61)6)42-19-15-24-62(57-42)52(43)66/h11,13-14,16-18,20-21,23,26,28,31-34,38,42-43,48,55,57H,1,12,15,19,22,24-25,27,29-30H2,2-10H3,(H,56,64)/t33-,34-,38-,42-,43-,48-/m0/s1. The average molecular weight is 912 g/mol. The van der Waals surface area contributed by atoms with Crippen molar-refractivity contribution in [3.63, 3.8) is 0 Å². The van der Waals surface area contributed by atoms with Crippen molar-refractivity contribution >= 4 is 34.5 Å². The summed E-state index contributed by atoms with van der Waals surface area (Å²) >= 11 is 0. The lowest BCUT2D eigenvalue weighted by Gasteiger charge is -2.39. The van der Waals surface area contributed by atoms with E-state index in [9.17, 15) is 19.2 Å². The molecule has 3 N–H and O–H groups in total. The summed E-state index contributed by atoms with van der Waals surface area (Å²) in [7, 11) is 3.38. The SMILES string of the molecule is C=CC(=O)N1CC[C@H](C(=O)N(C)[C@H](C(=O)N[C@H]2Cc3cccc(c3)-c3ccc4c(c3)c(c(-c3cccnc3[C@H](C)OC)n4CC)CC(C)(C)N3C=C(N[C@@H]3C)[C@@H]3CCCN(N3)C2=O)C(C)C)C1. The third kappa shape index (κ3) is 9.22. The molecule has 0 aliphatic carbocycles. The van der Waals surface area contributed by atoms with Crippen molar-refractivity contribution in [3.8, 4) is 22.4 Å². The molecule has 8 bridgehead atoms. The van der Waals surface area contributed by atoms with Crippen molar-refractivity contribution in [2.45, 2.75) is 123 Å². The highest BCUT2D eigenvalue weighted by molar-refractivity contribution is 5.96. The zero-order valence-electron chi connectivity index (χ0n) is 40.8. The largest absolute Gasteiger partial charge is 0.375 e. The number of carbonyl (C=O) groups excluding carboxylic acids is 4. The molecule has 0 radical (unpaired) electrons. The number of aryl methyl sites for hydroxylation is 1. The minimum absolute atomic E-state index is 0.0306. The molecule has 14 heteroatoms. The van der Waals surface area contributed by atoms with Crippen LogP contribution in [0.15, 0.2) is 85.3 Å². The predicted octanol–water partition coefficient (Wildman–Crippen LogP) is 6.57. The summed E-state index contributed by atoms with van der Waals surface area (Å²) < 4.78 is 8.31. The van der Waals surface area contributed by atoms with Crippen LogP contribution in [-0.4, -0.2) is 117 Å². The Balaban J connectivity index is 1.22. The number of hydrogen-bond acceptors (Lipinski definition) is 9. The molecule has 2 fully saturated rings. The number of carbonyl (C=O) groups is 4. The summed E-state index contributed by atoms with van der Waals surface area (Å²) in [5.41, 5.74) is 12.6. The number of ether oxygens (including phenoxy) is 1. The Morgan fingerprint density at radius 1 is 1.06 bits per heavy atom. The maximum absolute atomic E-state index is 15.0. The number of hydrazine groups is 1. The number of likely N-dealkylation sites (tertiary alicyclic amines) is 1. The van der Waals surface area contributed by atoms with E-state index in [0.717, 1.165) is 70.7 Å². The normalized spacial score (nSPS) is 22.5. The zero-order valence-corrected chi connectivity index (χ0v) is 40.8. The Labute approximate surface area is 395 Å². The molecule has 0 spiro atoms. The van der Waals surface area contributed by atoms with Crippen LogP contribution in [0.3, 0.4) is 0 Å². The number of aromatic nitrogens is 2. The van der Waals surface area contributed by atoms with Gasteiger partial charge in [0.25, 0.3) is 5.91 Å². The average Bonchev–Trinajstić information content (AvgIpc) is 4.06. The first-order chi connectivity index (χ1) is 32.0. The van der Waals surface area contributed by atoms with E-state index in [-0.39, 0.29) is 60.5 Å². The molecule has 6 atom stereocenters. The number of rotatable bonds is 10. The van der Waals surface area contributed by atoms with Crippen molar-refractivity contribution in [1.82, 2.24) is 45.3 Å². The molecule has 14 nitrogen and oxygen atoms in total. The Kier molecular flexibility index (Phi) is 13.7. The number of fused-ring (bicyclic) bond motifs is 8. The molecule has 4 aliphatic rings. The fourth-order valence-electron chi connectivity index (χ4n) is 11.1. The van der Waals surface area contributed by atoms with Crippen LogP contribution < -0.4 is 16.1 Å². The maximum atomic E-state index is 15.0. The van der Waals surface area contributed by atoms with E-state index in [4.69, 9.17) is 9.72 Å². The van der Waals surface area contributed by atoms with E-state index in [0.29, 0.717) is 19.5 Å². The summed E-state index contributed by atoms with van der Waals surface area (Å²) in [5.74, 6) is -1.75. The Hall–Kier alpha value is -5.99. The molecule has 2 aromatic heterocycles. The van der Waals surface area contributed by atoms with Gasteiger partial charge in [-0.3, -0.25) is 29.2 Å². The molecule has 6 heterocycles. The lowest BCUT2D eigenvalue weighted by Crippen LogP contribution is -2.61. The van der Waals surface area contributed by atoms with Gasteiger partial charge >= 0.3 is 0 Å². The predicted molar refractivity (Wildman–Crippen MR) is 262 cm³/mol. The van der Waals surface area contributed by atoms with Crippen molar-refractivity contribution in [2.24, 2.45) is 11.8 Å². The van der Waals surface area contributed by atoms with Crippen LogP contribution in [0.25, 0.3) is 33.3 Å². The Morgan fingerprint density at radius 2 is 1.84 bits per heavy atom. The van der Waals surface area contributed by atoms with Crippen LogP contribution >= 0.6 is 0 Å². The van der Waals surface area contributed by atoms with Crippen molar-refractivity contribution in [3.05, 3.63) is 102 Å². The van der Waals surface area contributed by atoms with Gasteiger partial charge in [-0.1, -0.05) is 50.8 Å². The van der Waals surface area contributed by atoms with Crippen LogP contribution in [0, 0.1) is 11.8 Å². The van der Waals surface area contributed by atoms with Crippen LogP contribution in [0.1, 0.15) is 90.7 Å². The fraction of sp³-hybridized carbons (Fsp3) is 0.491. The number of methoxy groups -OCH3 is 1. The first-order valence-electron chi connectivity index (χ1n) is 24.1. The number of hydrogen-bond donors (Lipinski definition) is 3. The van der Waals surface area contributed by atoms with E-state index >= 15 is 0 Å². The van der Waals surface area contributed by atoms with Crippen LogP contribution in [0.4, 0.5) is 0 Å². The highest BCUT2D eigenvalue weighted by atomic mass is 16.5. The molecule has 67 heavy (non-hydrogen) atoms.